The maximum atomic E-state index is 12.1. The van der Waals surface area contributed by atoms with Gasteiger partial charge in [0.25, 0.3) is 0 Å². The van der Waals surface area contributed by atoms with E-state index in [2.05, 4.69) is 5.32 Å². The van der Waals surface area contributed by atoms with Gasteiger partial charge in [0.2, 0.25) is 0 Å². The van der Waals surface area contributed by atoms with Crippen molar-refractivity contribution in [1.82, 2.24) is 10.2 Å². The predicted octanol–water partition coefficient (Wildman–Crippen LogP) is 1.45. The predicted molar refractivity (Wildman–Crippen MR) is 73.5 cm³/mol. The van der Waals surface area contributed by atoms with Gasteiger partial charge in [0, 0.05) is 32.7 Å². The molecule has 0 spiro atoms. The van der Waals surface area contributed by atoms with E-state index in [0.717, 1.165) is 32.3 Å². The van der Waals surface area contributed by atoms with E-state index in [1.807, 2.05) is 6.92 Å². The van der Waals surface area contributed by atoms with E-state index >= 15 is 0 Å². The van der Waals surface area contributed by atoms with Gasteiger partial charge in [0.15, 0.2) is 0 Å². The summed E-state index contributed by atoms with van der Waals surface area (Å²) in [5, 5.41) is 11.8. The molecule has 0 aliphatic carbocycles. The number of hydrogen-bond acceptors (Lipinski definition) is 3. The Labute approximate surface area is 119 Å². The van der Waals surface area contributed by atoms with Crippen molar-refractivity contribution in [2.75, 3.05) is 26.2 Å². The van der Waals surface area contributed by atoms with Crippen LogP contribution in [0.4, 0.5) is 4.79 Å². The molecule has 2 saturated heterocycles. The second-order valence-corrected chi connectivity index (χ2v) is 6.11. The molecule has 2 rings (SSSR count). The SMILES string of the molecule is CC1(CNC(=O)N2CCCC(CC(=O)O)C2)CCCO1. The first-order valence-electron chi connectivity index (χ1n) is 7.37. The van der Waals surface area contributed by atoms with Crippen molar-refractivity contribution < 1.29 is 19.4 Å². The summed E-state index contributed by atoms with van der Waals surface area (Å²) in [5.41, 5.74) is -0.244. The number of urea groups is 1. The maximum absolute atomic E-state index is 12.1. The molecule has 2 N–H and O–H groups in total. The van der Waals surface area contributed by atoms with E-state index in [9.17, 15) is 9.59 Å². The van der Waals surface area contributed by atoms with Gasteiger partial charge >= 0.3 is 12.0 Å². The van der Waals surface area contributed by atoms with Crippen LogP contribution in [-0.2, 0) is 9.53 Å². The minimum absolute atomic E-state index is 0.0744. The van der Waals surface area contributed by atoms with Crippen molar-refractivity contribution in [3.63, 3.8) is 0 Å². The monoisotopic (exact) mass is 284 g/mol. The zero-order valence-electron chi connectivity index (χ0n) is 12.1. The van der Waals surface area contributed by atoms with Gasteiger partial charge in [-0.2, -0.15) is 0 Å². The Kier molecular flexibility index (Phi) is 4.86. The molecule has 114 valence electrons. The van der Waals surface area contributed by atoms with E-state index in [0.29, 0.717) is 19.6 Å². The quantitative estimate of drug-likeness (QED) is 0.819. The molecule has 0 radical (unpaired) electrons. The summed E-state index contributed by atoms with van der Waals surface area (Å²) < 4.78 is 5.64. The first-order valence-corrected chi connectivity index (χ1v) is 7.37. The third-order valence-electron chi connectivity index (χ3n) is 4.18. The largest absolute Gasteiger partial charge is 0.481 e. The molecule has 20 heavy (non-hydrogen) atoms. The minimum atomic E-state index is -0.788. The van der Waals surface area contributed by atoms with Crippen LogP contribution in [0.25, 0.3) is 0 Å². The molecule has 6 heteroatoms. The molecule has 0 bridgehead atoms. The van der Waals surface area contributed by atoms with Crippen LogP contribution in [0.15, 0.2) is 0 Å². The molecule has 0 aromatic rings. The van der Waals surface area contributed by atoms with Gasteiger partial charge < -0.3 is 20.1 Å². The average Bonchev–Trinajstić information content (AvgIpc) is 2.83. The fourth-order valence-electron chi connectivity index (χ4n) is 3.01. The first-order chi connectivity index (χ1) is 9.48. The first kappa shape index (κ1) is 15.1. The molecule has 0 saturated carbocycles. The van der Waals surface area contributed by atoms with Gasteiger partial charge in [-0.15, -0.1) is 0 Å². The Morgan fingerprint density at radius 3 is 2.90 bits per heavy atom. The van der Waals surface area contributed by atoms with Crippen molar-refractivity contribution in [3.05, 3.63) is 0 Å². The molecule has 2 unspecified atom stereocenters. The highest BCUT2D eigenvalue weighted by Gasteiger charge is 2.31. The van der Waals surface area contributed by atoms with Gasteiger partial charge in [-0.05, 0) is 38.5 Å². The third-order valence-corrected chi connectivity index (χ3v) is 4.18. The molecule has 2 aliphatic rings. The highest BCUT2D eigenvalue weighted by molar-refractivity contribution is 5.74. The number of amides is 2. The maximum Gasteiger partial charge on any atom is 0.317 e. The van der Waals surface area contributed by atoms with Crippen LogP contribution in [0.1, 0.15) is 39.0 Å². The Morgan fingerprint density at radius 2 is 2.25 bits per heavy atom. The van der Waals surface area contributed by atoms with Crippen LogP contribution in [-0.4, -0.2) is 53.8 Å². The fraction of sp³-hybridized carbons (Fsp3) is 0.857. The highest BCUT2D eigenvalue weighted by atomic mass is 16.5. The molecule has 2 atom stereocenters. The molecular formula is C14H24N2O4. The summed E-state index contributed by atoms with van der Waals surface area (Å²) >= 11 is 0. The summed E-state index contributed by atoms with van der Waals surface area (Å²) in [5.74, 6) is -0.713. The Bertz CT molecular complexity index is 366. The zero-order valence-corrected chi connectivity index (χ0v) is 12.1. The average molecular weight is 284 g/mol. The molecule has 2 heterocycles. The molecule has 2 fully saturated rings. The second-order valence-electron chi connectivity index (χ2n) is 6.11. The van der Waals surface area contributed by atoms with Crippen LogP contribution in [0.3, 0.4) is 0 Å². The fourth-order valence-corrected chi connectivity index (χ4v) is 3.01. The topological polar surface area (TPSA) is 78.9 Å². The lowest BCUT2D eigenvalue weighted by molar-refractivity contribution is -0.138. The normalized spacial score (nSPS) is 30.2. The van der Waals surface area contributed by atoms with E-state index in [4.69, 9.17) is 9.84 Å². The number of hydrogen-bond donors (Lipinski definition) is 2. The van der Waals surface area contributed by atoms with Gasteiger partial charge in [0.1, 0.15) is 0 Å². The van der Waals surface area contributed by atoms with Crippen LogP contribution in [0.5, 0.6) is 0 Å². The van der Waals surface area contributed by atoms with Crippen LogP contribution < -0.4 is 5.32 Å². The van der Waals surface area contributed by atoms with E-state index < -0.39 is 5.97 Å². The lowest BCUT2D eigenvalue weighted by Gasteiger charge is -2.33. The number of carboxylic acid groups (broad SMARTS) is 1. The number of ether oxygens (including phenoxy) is 1. The summed E-state index contributed by atoms with van der Waals surface area (Å²) in [7, 11) is 0. The number of carboxylic acids is 1. The Hall–Kier alpha value is -1.30. The van der Waals surface area contributed by atoms with Gasteiger partial charge in [-0.1, -0.05) is 0 Å². The Morgan fingerprint density at radius 1 is 1.45 bits per heavy atom. The summed E-state index contributed by atoms with van der Waals surface area (Å²) in [6, 6.07) is -0.100. The summed E-state index contributed by atoms with van der Waals surface area (Å²) in [6.07, 6.45) is 3.91. The summed E-state index contributed by atoms with van der Waals surface area (Å²) in [6.45, 7) is 4.54. The second kappa shape index (κ2) is 6.43. The number of nitrogens with zero attached hydrogens (tertiary/aromatic N) is 1. The number of carbonyl (C=O) groups excluding carboxylic acids is 1. The number of carbonyl (C=O) groups is 2. The molecule has 2 aliphatic heterocycles. The number of piperidine rings is 1. The van der Waals surface area contributed by atoms with Gasteiger partial charge in [-0.3, -0.25) is 4.79 Å². The third kappa shape index (κ3) is 4.10. The standard InChI is InChI=1S/C14H24N2O4/c1-14(5-3-7-20-14)10-15-13(19)16-6-2-4-11(9-16)8-12(17)18/h11H,2-10H2,1H3,(H,15,19)(H,17,18). The van der Waals surface area contributed by atoms with Gasteiger partial charge in [0.05, 0.1) is 5.60 Å². The van der Waals surface area contributed by atoms with Crippen molar-refractivity contribution in [2.45, 2.75) is 44.6 Å². The number of rotatable bonds is 4. The van der Waals surface area contributed by atoms with E-state index in [-0.39, 0.29) is 24.0 Å². The van der Waals surface area contributed by atoms with Crippen molar-refractivity contribution >= 4 is 12.0 Å². The molecule has 2 amide bonds. The smallest absolute Gasteiger partial charge is 0.317 e. The minimum Gasteiger partial charge on any atom is -0.481 e. The van der Waals surface area contributed by atoms with E-state index in [1.54, 1.807) is 4.90 Å². The number of aliphatic carboxylic acids is 1. The Balaban J connectivity index is 1.78. The molecular weight excluding hydrogens is 260 g/mol. The molecule has 0 aromatic carbocycles. The summed E-state index contributed by atoms with van der Waals surface area (Å²) in [4.78, 5) is 24.6. The van der Waals surface area contributed by atoms with Crippen LogP contribution in [0.2, 0.25) is 0 Å². The lowest BCUT2D eigenvalue weighted by atomic mass is 9.95. The number of nitrogens with one attached hydrogen (secondary N) is 1. The highest BCUT2D eigenvalue weighted by Crippen LogP contribution is 2.24. The molecule has 6 nitrogen and oxygen atoms in total. The van der Waals surface area contributed by atoms with Crippen LogP contribution in [0, 0.1) is 5.92 Å². The molecule has 0 aromatic heterocycles. The number of likely N-dealkylation sites (tertiary alicyclic amines) is 1. The van der Waals surface area contributed by atoms with Crippen molar-refractivity contribution in [3.8, 4) is 0 Å². The van der Waals surface area contributed by atoms with Crippen LogP contribution >= 0.6 is 0 Å². The lowest BCUT2D eigenvalue weighted by Crippen LogP contribution is -2.49. The van der Waals surface area contributed by atoms with Gasteiger partial charge in [-0.25, -0.2) is 4.79 Å². The van der Waals surface area contributed by atoms with E-state index in [1.165, 1.54) is 0 Å². The van der Waals surface area contributed by atoms with Crippen molar-refractivity contribution in [1.29, 1.82) is 0 Å². The van der Waals surface area contributed by atoms with Crippen molar-refractivity contribution in [2.24, 2.45) is 5.92 Å². The zero-order chi connectivity index (χ0) is 14.6.